The van der Waals surface area contributed by atoms with E-state index >= 15 is 0 Å². The summed E-state index contributed by atoms with van der Waals surface area (Å²) in [6, 6.07) is 3.87. The number of aryl methyl sites for hydroxylation is 1. The molecule has 1 N–H and O–H groups in total. The first kappa shape index (κ1) is 13.5. The van der Waals surface area contributed by atoms with Crippen LogP contribution in [0.5, 0.6) is 0 Å². The number of aromatic nitrogens is 4. The summed E-state index contributed by atoms with van der Waals surface area (Å²) in [5, 5.41) is 14.8. The van der Waals surface area contributed by atoms with E-state index in [-0.39, 0.29) is 0 Å². The summed E-state index contributed by atoms with van der Waals surface area (Å²) in [4.78, 5) is 10.8. The summed E-state index contributed by atoms with van der Waals surface area (Å²) in [5.41, 5.74) is -0.900. The summed E-state index contributed by atoms with van der Waals surface area (Å²) in [7, 11) is 1.81. The molecule has 0 saturated carbocycles. The Bertz CT molecular complexity index is 606. The van der Waals surface area contributed by atoms with Crippen LogP contribution in [-0.2, 0) is 12.6 Å². The van der Waals surface area contributed by atoms with E-state index in [1.54, 1.807) is 10.9 Å². The minimum atomic E-state index is -0.900. The standard InChI is InChI=1S/C13H16BrN5O/c1-18-12(16-9-17-18)13(20)4-7-19(8-5-13)11-10(14)3-2-6-15-11/h2-3,6,9,20H,4-5,7-8H2,1H3. The van der Waals surface area contributed by atoms with Gasteiger partial charge in [-0.05, 0) is 28.1 Å². The van der Waals surface area contributed by atoms with Crippen LogP contribution in [0.2, 0.25) is 0 Å². The van der Waals surface area contributed by atoms with Gasteiger partial charge in [-0.2, -0.15) is 5.10 Å². The first-order valence-electron chi connectivity index (χ1n) is 6.52. The number of pyridine rings is 1. The molecule has 0 spiro atoms. The fourth-order valence-corrected chi connectivity index (χ4v) is 3.15. The Hall–Kier alpha value is -1.47. The van der Waals surface area contributed by atoms with Crippen LogP contribution < -0.4 is 4.90 Å². The van der Waals surface area contributed by atoms with Crippen LogP contribution in [0.15, 0.2) is 29.1 Å². The summed E-state index contributed by atoms with van der Waals surface area (Å²) in [5.74, 6) is 1.56. The second-order valence-corrected chi connectivity index (χ2v) is 5.89. The minimum Gasteiger partial charge on any atom is -0.382 e. The zero-order valence-corrected chi connectivity index (χ0v) is 12.8. The third-order valence-corrected chi connectivity index (χ3v) is 4.38. The molecule has 2 aromatic heterocycles. The van der Waals surface area contributed by atoms with Crippen LogP contribution in [0.4, 0.5) is 5.82 Å². The molecule has 106 valence electrons. The number of halogens is 1. The van der Waals surface area contributed by atoms with E-state index in [0.717, 1.165) is 23.4 Å². The SMILES string of the molecule is Cn1ncnc1C1(O)CCN(c2ncccc2Br)CC1. The second-order valence-electron chi connectivity index (χ2n) is 5.03. The van der Waals surface area contributed by atoms with Crippen molar-refractivity contribution in [2.24, 2.45) is 7.05 Å². The average Bonchev–Trinajstić information content (AvgIpc) is 2.88. The highest BCUT2D eigenvalue weighted by Crippen LogP contribution is 2.34. The fourth-order valence-electron chi connectivity index (χ4n) is 2.64. The van der Waals surface area contributed by atoms with Gasteiger partial charge >= 0.3 is 0 Å². The number of piperidine rings is 1. The molecule has 0 atom stereocenters. The van der Waals surface area contributed by atoms with Crippen LogP contribution in [0.3, 0.4) is 0 Å². The maximum atomic E-state index is 10.8. The van der Waals surface area contributed by atoms with Crippen molar-refractivity contribution in [1.29, 1.82) is 0 Å². The van der Waals surface area contributed by atoms with Crippen molar-refractivity contribution >= 4 is 21.7 Å². The zero-order chi connectivity index (χ0) is 14.2. The molecule has 1 fully saturated rings. The van der Waals surface area contributed by atoms with E-state index in [4.69, 9.17) is 0 Å². The quantitative estimate of drug-likeness (QED) is 0.898. The van der Waals surface area contributed by atoms with Gasteiger partial charge in [-0.25, -0.2) is 9.97 Å². The van der Waals surface area contributed by atoms with E-state index in [9.17, 15) is 5.11 Å². The van der Waals surface area contributed by atoms with E-state index in [0.29, 0.717) is 18.7 Å². The number of hydrogen-bond donors (Lipinski definition) is 1. The molecule has 6 nitrogen and oxygen atoms in total. The molecule has 2 aromatic rings. The maximum Gasteiger partial charge on any atom is 0.158 e. The Morgan fingerprint density at radius 1 is 1.30 bits per heavy atom. The summed E-state index contributed by atoms with van der Waals surface area (Å²) < 4.78 is 2.62. The lowest BCUT2D eigenvalue weighted by Crippen LogP contribution is -2.44. The molecule has 0 unspecified atom stereocenters. The molecule has 3 rings (SSSR count). The van der Waals surface area contributed by atoms with Gasteiger partial charge < -0.3 is 10.0 Å². The minimum absolute atomic E-state index is 0.614. The third kappa shape index (κ3) is 2.31. The predicted octanol–water partition coefficient (Wildman–Crippen LogP) is 1.46. The van der Waals surface area contributed by atoms with Crippen molar-refractivity contribution in [3.63, 3.8) is 0 Å². The van der Waals surface area contributed by atoms with E-state index in [1.807, 2.05) is 19.2 Å². The lowest BCUT2D eigenvalue weighted by Gasteiger charge is -2.38. The Morgan fingerprint density at radius 2 is 2.05 bits per heavy atom. The Labute approximate surface area is 125 Å². The first-order chi connectivity index (χ1) is 9.60. The topological polar surface area (TPSA) is 67.1 Å². The molecule has 0 aliphatic carbocycles. The highest BCUT2D eigenvalue weighted by atomic mass is 79.9. The van der Waals surface area contributed by atoms with Crippen molar-refractivity contribution in [2.75, 3.05) is 18.0 Å². The number of nitrogens with zero attached hydrogens (tertiary/aromatic N) is 5. The van der Waals surface area contributed by atoms with E-state index in [2.05, 4.69) is 35.9 Å². The molecular formula is C13H16BrN5O. The van der Waals surface area contributed by atoms with Gasteiger partial charge in [0.15, 0.2) is 5.82 Å². The Balaban J connectivity index is 1.77. The molecular weight excluding hydrogens is 322 g/mol. The molecule has 20 heavy (non-hydrogen) atoms. The molecule has 1 aliphatic rings. The highest BCUT2D eigenvalue weighted by molar-refractivity contribution is 9.10. The smallest absolute Gasteiger partial charge is 0.158 e. The largest absolute Gasteiger partial charge is 0.382 e. The molecule has 0 amide bonds. The molecule has 7 heteroatoms. The summed E-state index contributed by atoms with van der Waals surface area (Å²) in [6.45, 7) is 1.47. The number of hydrogen-bond acceptors (Lipinski definition) is 5. The molecule has 1 saturated heterocycles. The van der Waals surface area contributed by atoms with Gasteiger partial charge in [0.2, 0.25) is 0 Å². The zero-order valence-electron chi connectivity index (χ0n) is 11.2. The van der Waals surface area contributed by atoms with Crippen molar-refractivity contribution in [3.8, 4) is 0 Å². The van der Waals surface area contributed by atoms with Crippen molar-refractivity contribution in [2.45, 2.75) is 18.4 Å². The van der Waals surface area contributed by atoms with Crippen LogP contribution in [0, 0.1) is 0 Å². The van der Waals surface area contributed by atoms with Crippen LogP contribution in [-0.4, -0.2) is 37.9 Å². The van der Waals surface area contributed by atoms with E-state index < -0.39 is 5.60 Å². The second kappa shape index (κ2) is 5.14. The monoisotopic (exact) mass is 337 g/mol. The van der Waals surface area contributed by atoms with Gasteiger partial charge in [0, 0.05) is 39.2 Å². The number of rotatable bonds is 2. The Morgan fingerprint density at radius 3 is 2.65 bits per heavy atom. The first-order valence-corrected chi connectivity index (χ1v) is 7.32. The molecule has 0 radical (unpaired) electrons. The van der Waals surface area contributed by atoms with Crippen LogP contribution in [0.1, 0.15) is 18.7 Å². The fraction of sp³-hybridized carbons (Fsp3) is 0.462. The highest BCUT2D eigenvalue weighted by Gasteiger charge is 2.38. The van der Waals surface area contributed by atoms with Crippen molar-refractivity contribution in [3.05, 3.63) is 35.0 Å². The van der Waals surface area contributed by atoms with Gasteiger partial charge in [0.1, 0.15) is 17.7 Å². The van der Waals surface area contributed by atoms with Crippen molar-refractivity contribution in [1.82, 2.24) is 19.7 Å². The third-order valence-electron chi connectivity index (χ3n) is 3.76. The number of anilines is 1. The van der Waals surface area contributed by atoms with Gasteiger partial charge in [-0.15, -0.1) is 0 Å². The molecule has 0 aromatic carbocycles. The normalized spacial score (nSPS) is 18.2. The Kier molecular flexibility index (Phi) is 3.47. The maximum absolute atomic E-state index is 10.8. The average molecular weight is 338 g/mol. The predicted molar refractivity (Wildman–Crippen MR) is 78.3 cm³/mol. The van der Waals surface area contributed by atoms with Gasteiger partial charge in [0.25, 0.3) is 0 Å². The van der Waals surface area contributed by atoms with E-state index in [1.165, 1.54) is 6.33 Å². The lowest BCUT2D eigenvalue weighted by molar-refractivity contribution is -0.000196. The van der Waals surface area contributed by atoms with Crippen molar-refractivity contribution < 1.29 is 5.11 Å². The summed E-state index contributed by atoms with van der Waals surface area (Å²) >= 11 is 3.52. The lowest BCUT2D eigenvalue weighted by atomic mass is 9.90. The van der Waals surface area contributed by atoms with Gasteiger partial charge in [0.05, 0.1) is 4.47 Å². The summed E-state index contributed by atoms with van der Waals surface area (Å²) in [6.07, 6.45) is 4.49. The van der Waals surface area contributed by atoms with Crippen LogP contribution in [0.25, 0.3) is 0 Å². The molecule has 0 bridgehead atoms. The molecule has 1 aliphatic heterocycles. The van der Waals surface area contributed by atoms with Gasteiger partial charge in [-0.1, -0.05) is 0 Å². The number of aliphatic hydroxyl groups is 1. The molecule has 3 heterocycles. The van der Waals surface area contributed by atoms with Crippen LogP contribution >= 0.6 is 15.9 Å². The van der Waals surface area contributed by atoms with Gasteiger partial charge in [-0.3, -0.25) is 4.68 Å².